The van der Waals surface area contributed by atoms with Crippen molar-refractivity contribution in [1.82, 2.24) is 0 Å². The fourth-order valence-electron chi connectivity index (χ4n) is 4.05. The van der Waals surface area contributed by atoms with Gasteiger partial charge in [0.05, 0.1) is 0 Å². The van der Waals surface area contributed by atoms with Crippen LogP contribution in [-0.4, -0.2) is 15.4 Å². The number of benzene rings is 2. The number of hydrogen-bond acceptors (Lipinski definition) is 1. The van der Waals surface area contributed by atoms with Crippen LogP contribution >= 0.6 is 0 Å². The zero-order chi connectivity index (χ0) is 26.6. The molecule has 3 rings (SSSR count). The second-order valence-electron chi connectivity index (χ2n) is 9.77. The zero-order valence-corrected chi connectivity index (χ0v) is 29.8. The summed E-state index contributed by atoms with van der Waals surface area (Å²) in [6.45, 7) is 10.9. The molecule has 1 N–H and O–H groups in total. The molecule has 1 unspecified atom stereocenters. The van der Waals surface area contributed by atoms with Gasteiger partial charge in [0, 0.05) is 5.91 Å². The van der Waals surface area contributed by atoms with Crippen LogP contribution in [0.3, 0.4) is 0 Å². The molecule has 2 aromatic carbocycles. The molecule has 0 saturated carbocycles. The van der Waals surface area contributed by atoms with E-state index in [4.69, 9.17) is 5.73 Å². The van der Waals surface area contributed by atoms with Gasteiger partial charge in [-0.2, -0.15) is 11.1 Å². The first-order chi connectivity index (χ1) is 17.3. The van der Waals surface area contributed by atoms with E-state index < -0.39 is 5.91 Å². The predicted octanol–water partition coefficient (Wildman–Crippen LogP) is 2.29. The number of allylic oxidation sites excluding steroid dienone is 4. The normalized spacial score (nSPS) is 13.3. The summed E-state index contributed by atoms with van der Waals surface area (Å²) in [5.74, 6) is 0.151. The van der Waals surface area contributed by atoms with Crippen LogP contribution in [0.1, 0.15) is 98.8 Å². The van der Waals surface area contributed by atoms with E-state index in [9.17, 15) is 4.79 Å². The van der Waals surface area contributed by atoms with Crippen molar-refractivity contribution >= 4 is 25.8 Å². The van der Waals surface area contributed by atoms with Crippen molar-refractivity contribution in [2.24, 2.45) is 5.92 Å². The van der Waals surface area contributed by atoms with Crippen molar-refractivity contribution in [2.75, 3.05) is 0 Å². The third-order valence-corrected chi connectivity index (χ3v) is 8.11. The SMILES string of the molecule is CC1=[C-]C(C)C(C)=C1C.CCCCCCCCCCCC([NH-])=O.[Cl-].[Cl-].[Zr+4].c1ccc([SiH]c2ccccc2)cc1. The van der Waals surface area contributed by atoms with Gasteiger partial charge in [0.2, 0.25) is 0 Å². The van der Waals surface area contributed by atoms with Crippen LogP contribution in [0.25, 0.3) is 5.73 Å². The van der Waals surface area contributed by atoms with E-state index in [0.29, 0.717) is 12.3 Å². The summed E-state index contributed by atoms with van der Waals surface area (Å²) in [7, 11) is 0.271. The molecule has 1 aliphatic carbocycles. The molecule has 0 saturated heterocycles. The van der Waals surface area contributed by atoms with Gasteiger partial charge < -0.3 is 35.3 Å². The van der Waals surface area contributed by atoms with Gasteiger partial charge in [-0.25, -0.2) is 5.57 Å². The van der Waals surface area contributed by atoms with Gasteiger partial charge in [0.25, 0.3) is 0 Å². The Morgan fingerprint density at radius 2 is 1.18 bits per heavy atom. The number of halogens is 2. The second-order valence-corrected chi connectivity index (χ2v) is 11.4. The minimum Gasteiger partial charge on any atom is -1.00 e. The first kappa shape index (κ1) is 42.5. The maximum atomic E-state index is 10.3. The van der Waals surface area contributed by atoms with Gasteiger partial charge >= 0.3 is 26.2 Å². The molecule has 1 atom stereocenters. The smallest absolute Gasteiger partial charge is 1.00 e. The number of carbonyl (C=O) groups is 1. The Bertz CT molecular complexity index is 882. The molecular formula is C33H48Cl2NOSiZr. The number of unbranched alkanes of at least 4 members (excludes halogenated alkanes) is 8. The van der Waals surface area contributed by atoms with Gasteiger partial charge in [0.15, 0.2) is 0 Å². The Morgan fingerprint density at radius 1 is 0.769 bits per heavy atom. The Hall–Kier alpha value is -0.930. The van der Waals surface area contributed by atoms with Gasteiger partial charge in [-0.1, -0.05) is 156 Å². The molecule has 1 amide bonds. The molecule has 6 heteroatoms. The topological polar surface area (TPSA) is 40.9 Å². The molecule has 2 aromatic rings. The van der Waals surface area contributed by atoms with Crippen molar-refractivity contribution in [3.8, 4) is 0 Å². The molecule has 0 aromatic heterocycles. The van der Waals surface area contributed by atoms with Gasteiger partial charge in [0.1, 0.15) is 9.52 Å². The van der Waals surface area contributed by atoms with E-state index in [2.05, 4.69) is 101 Å². The molecular weight excluding hydrogens is 617 g/mol. The first-order valence-electron chi connectivity index (χ1n) is 13.8. The molecule has 2 nitrogen and oxygen atoms in total. The van der Waals surface area contributed by atoms with E-state index >= 15 is 0 Å². The fraction of sp³-hybridized carbons (Fsp3) is 0.485. The summed E-state index contributed by atoms with van der Waals surface area (Å²) in [6.07, 6.45) is 15.2. The predicted molar refractivity (Wildman–Crippen MR) is 160 cm³/mol. The summed E-state index contributed by atoms with van der Waals surface area (Å²) in [5, 5.41) is 2.90. The van der Waals surface area contributed by atoms with E-state index in [-0.39, 0.29) is 60.5 Å². The number of nitrogens with one attached hydrogen (secondary N) is 1. The van der Waals surface area contributed by atoms with Crippen molar-refractivity contribution < 1.29 is 55.8 Å². The number of carbonyl (C=O) groups excluding carboxylic acids is 1. The zero-order valence-electron chi connectivity index (χ0n) is 24.7. The Kier molecular flexibility index (Phi) is 29.7. The van der Waals surface area contributed by atoms with E-state index in [0.717, 1.165) is 12.8 Å². The Balaban J connectivity index is -0.000000489. The summed E-state index contributed by atoms with van der Waals surface area (Å²) >= 11 is 0. The van der Waals surface area contributed by atoms with Crippen molar-refractivity contribution in [1.29, 1.82) is 0 Å². The second kappa shape index (κ2) is 27.3. The number of rotatable bonds is 12. The molecule has 0 fully saturated rings. The van der Waals surface area contributed by atoms with Gasteiger partial charge in [-0.05, 0) is 12.8 Å². The van der Waals surface area contributed by atoms with Crippen LogP contribution in [-0.2, 0) is 31.0 Å². The first-order valence-corrected chi connectivity index (χ1v) is 15.0. The van der Waals surface area contributed by atoms with Crippen molar-refractivity contribution in [2.45, 2.75) is 98.8 Å². The average molecular weight is 665 g/mol. The van der Waals surface area contributed by atoms with Crippen LogP contribution in [0.5, 0.6) is 0 Å². The molecule has 0 spiro atoms. The molecule has 39 heavy (non-hydrogen) atoms. The average Bonchev–Trinajstić information content (AvgIpc) is 3.10. The van der Waals surface area contributed by atoms with Crippen LogP contribution in [0.15, 0.2) is 77.4 Å². The van der Waals surface area contributed by atoms with Gasteiger partial charge in [-0.3, -0.25) is 6.08 Å². The summed E-state index contributed by atoms with van der Waals surface area (Å²) < 4.78 is 0. The molecule has 0 aliphatic heterocycles. The molecule has 1 radical (unpaired) electrons. The molecule has 0 heterocycles. The van der Waals surface area contributed by atoms with E-state index in [1.807, 2.05) is 0 Å². The van der Waals surface area contributed by atoms with Crippen molar-refractivity contribution in [3.63, 3.8) is 0 Å². The Labute approximate surface area is 273 Å². The monoisotopic (exact) mass is 662 g/mol. The largest absolute Gasteiger partial charge is 4.00 e. The van der Waals surface area contributed by atoms with Crippen LogP contribution < -0.4 is 35.2 Å². The molecule has 0 bridgehead atoms. The minimum atomic E-state index is -0.409. The molecule has 1 aliphatic rings. The third kappa shape index (κ3) is 21.5. The maximum Gasteiger partial charge on any atom is 4.00 e. The summed E-state index contributed by atoms with van der Waals surface area (Å²) in [6, 6.07) is 21.3. The van der Waals surface area contributed by atoms with E-state index in [1.165, 1.54) is 72.0 Å². The van der Waals surface area contributed by atoms with Gasteiger partial charge in [-0.15, -0.1) is 6.92 Å². The van der Waals surface area contributed by atoms with Crippen LogP contribution in [0, 0.1) is 12.0 Å². The fourth-order valence-corrected chi connectivity index (χ4v) is 5.26. The quantitative estimate of drug-likeness (QED) is 0.195. The number of hydrogen-bond donors (Lipinski definition) is 0. The van der Waals surface area contributed by atoms with Crippen LogP contribution in [0.2, 0.25) is 0 Å². The maximum absolute atomic E-state index is 10.3. The van der Waals surface area contributed by atoms with Crippen LogP contribution in [0.4, 0.5) is 0 Å². The third-order valence-electron chi connectivity index (χ3n) is 6.68. The van der Waals surface area contributed by atoms with Crippen molar-refractivity contribution in [3.05, 3.63) is 89.2 Å². The molecule has 213 valence electrons. The minimum absolute atomic E-state index is 0. The summed E-state index contributed by atoms with van der Waals surface area (Å²) in [4.78, 5) is 10.3. The van der Waals surface area contributed by atoms with E-state index in [1.54, 1.807) is 0 Å². The number of amides is 1. The Morgan fingerprint density at radius 3 is 1.49 bits per heavy atom. The summed E-state index contributed by atoms with van der Waals surface area (Å²) in [5.41, 5.74) is 11.0. The standard InChI is InChI=1S/C12H25NO.C12H11Si.C9H13.2ClH.Zr/c1-2-3-4-5-6-7-8-9-10-11-12(13)14;1-3-7-11(8-4-1)13-12-9-5-2-6-10-12;1-6-5-7(2)9(4)8(6)3;;;/h2-11H2,1H3,(H2,13,14);1-10,13H;6H,1-4H3;2*1H;/q;;-1;;;+4/p-3.